The first-order chi connectivity index (χ1) is 11.1. The minimum absolute atomic E-state index is 0.0637. The largest absolute Gasteiger partial charge is 0.380 e. The van der Waals surface area contributed by atoms with E-state index in [1.54, 1.807) is 18.5 Å². The van der Waals surface area contributed by atoms with Gasteiger partial charge in [-0.05, 0) is 26.8 Å². The third kappa shape index (κ3) is 5.23. The molecule has 0 aromatic carbocycles. The Bertz CT molecular complexity index is 485. The van der Waals surface area contributed by atoms with E-state index in [1.165, 1.54) is 0 Å². The monoisotopic (exact) mass is 321 g/mol. The molecule has 128 valence electrons. The smallest absolute Gasteiger partial charge is 0.243 e. The van der Waals surface area contributed by atoms with Gasteiger partial charge in [-0.1, -0.05) is 0 Å². The summed E-state index contributed by atoms with van der Waals surface area (Å²) in [6.45, 7) is 11.3. The molecule has 2 heterocycles. The summed E-state index contributed by atoms with van der Waals surface area (Å²) in [6.07, 6.45) is 3.24. The third-order valence-electron chi connectivity index (χ3n) is 4.25. The number of carbonyl (C=O) groups is 1. The van der Waals surface area contributed by atoms with Crippen LogP contribution in [0.4, 0.5) is 5.95 Å². The van der Waals surface area contributed by atoms with Crippen molar-refractivity contribution in [1.82, 2.24) is 19.8 Å². The number of amides is 1. The lowest BCUT2D eigenvalue weighted by Gasteiger charge is -2.41. The van der Waals surface area contributed by atoms with Crippen molar-refractivity contribution < 1.29 is 9.53 Å². The van der Waals surface area contributed by atoms with Gasteiger partial charge in [-0.15, -0.1) is 0 Å². The summed E-state index contributed by atoms with van der Waals surface area (Å²) >= 11 is 0. The fraction of sp³-hybridized carbons (Fsp3) is 0.688. The van der Waals surface area contributed by atoms with Crippen LogP contribution in [0, 0.1) is 0 Å². The van der Waals surface area contributed by atoms with E-state index in [9.17, 15) is 4.79 Å². The molecule has 0 bridgehead atoms. The highest BCUT2D eigenvalue weighted by Crippen LogP contribution is 2.13. The van der Waals surface area contributed by atoms with Gasteiger partial charge in [0.1, 0.15) is 0 Å². The number of anilines is 1. The van der Waals surface area contributed by atoms with Gasteiger partial charge in [0.25, 0.3) is 0 Å². The van der Waals surface area contributed by atoms with Gasteiger partial charge < -0.3 is 4.74 Å². The molecule has 0 aliphatic carbocycles. The average molecular weight is 321 g/mol. The van der Waals surface area contributed by atoms with E-state index in [1.807, 2.05) is 13.8 Å². The minimum Gasteiger partial charge on any atom is -0.380 e. The molecule has 7 nitrogen and oxygen atoms in total. The van der Waals surface area contributed by atoms with E-state index in [0.29, 0.717) is 12.0 Å². The SMILES string of the molecule is CCOCCN1CCN([C@@H](C)C(=O)Nc2ncccn2)C[C@H]1C. The number of hydrogen-bond acceptors (Lipinski definition) is 6. The van der Waals surface area contributed by atoms with Crippen molar-refractivity contribution in [3.63, 3.8) is 0 Å². The van der Waals surface area contributed by atoms with Crippen molar-refractivity contribution in [2.75, 3.05) is 44.7 Å². The zero-order valence-corrected chi connectivity index (χ0v) is 14.2. The molecule has 1 amide bonds. The van der Waals surface area contributed by atoms with Crippen molar-refractivity contribution in [2.45, 2.75) is 32.9 Å². The Hall–Kier alpha value is -1.57. The molecule has 0 spiro atoms. The van der Waals surface area contributed by atoms with E-state index in [2.05, 4.69) is 32.0 Å². The maximum atomic E-state index is 12.3. The maximum Gasteiger partial charge on any atom is 0.243 e. The number of piperazine rings is 1. The van der Waals surface area contributed by atoms with Gasteiger partial charge in [0.05, 0.1) is 12.6 Å². The molecule has 1 N–H and O–H groups in total. The molecule has 0 saturated carbocycles. The van der Waals surface area contributed by atoms with E-state index in [-0.39, 0.29) is 11.9 Å². The van der Waals surface area contributed by atoms with Crippen molar-refractivity contribution in [1.29, 1.82) is 0 Å². The summed E-state index contributed by atoms with van der Waals surface area (Å²) in [7, 11) is 0. The number of ether oxygens (including phenoxy) is 1. The molecule has 2 atom stereocenters. The van der Waals surface area contributed by atoms with Crippen molar-refractivity contribution in [3.8, 4) is 0 Å². The molecular weight excluding hydrogens is 294 g/mol. The third-order valence-corrected chi connectivity index (χ3v) is 4.25. The maximum absolute atomic E-state index is 12.3. The van der Waals surface area contributed by atoms with Crippen LogP contribution in [0.5, 0.6) is 0 Å². The number of rotatable bonds is 7. The Kier molecular flexibility index (Phi) is 6.88. The highest BCUT2D eigenvalue weighted by molar-refractivity contribution is 5.93. The topological polar surface area (TPSA) is 70.6 Å². The van der Waals surface area contributed by atoms with Crippen molar-refractivity contribution in [3.05, 3.63) is 18.5 Å². The quantitative estimate of drug-likeness (QED) is 0.751. The first-order valence-corrected chi connectivity index (χ1v) is 8.25. The van der Waals surface area contributed by atoms with Crippen LogP contribution < -0.4 is 5.32 Å². The lowest BCUT2D eigenvalue weighted by Crippen LogP contribution is -2.57. The van der Waals surface area contributed by atoms with E-state index < -0.39 is 0 Å². The fourth-order valence-electron chi connectivity index (χ4n) is 2.78. The second kappa shape index (κ2) is 8.90. The van der Waals surface area contributed by atoms with Crippen LogP contribution in [0.3, 0.4) is 0 Å². The fourth-order valence-corrected chi connectivity index (χ4v) is 2.78. The zero-order chi connectivity index (χ0) is 16.7. The molecule has 1 aromatic rings. The van der Waals surface area contributed by atoms with Gasteiger partial charge in [-0.25, -0.2) is 9.97 Å². The predicted octanol–water partition coefficient (Wildman–Crippen LogP) is 0.846. The summed E-state index contributed by atoms with van der Waals surface area (Å²) in [6, 6.07) is 1.94. The number of hydrogen-bond donors (Lipinski definition) is 1. The Labute approximate surface area is 138 Å². The van der Waals surface area contributed by atoms with Gasteiger partial charge in [-0.3, -0.25) is 19.9 Å². The van der Waals surface area contributed by atoms with E-state index in [0.717, 1.165) is 39.4 Å². The van der Waals surface area contributed by atoms with Gasteiger partial charge in [0.15, 0.2) is 0 Å². The molecule has 2 rings (SSSR count). The number of nitrogens with zero attached hydrogens (tertiary/aromatic N) is 4. The van der Waals surface area contributed by atoms with Crippen LogP contribution in [0.1, 0.15) is 20.8 Å². The Morgan fingerprint density at radius 3 is 2.83 bits per heavy atom. The summed E-state index contributed by atoms with van der Waals surface area (Å²) in [5, 5.41) is 2.77. The minimum atomic E-state index is -0.199. The second-order valence-electron chi connectivity index (χ2n) is 5.81. The lowest BCUT2D eigenvalue weighted by atomic mass is 10.1. The van der Waals surface area contributed by atoms with Crippen molar-refractivity contribution in [2.24, 2.45) is 0 Å². The average Bonchev–Trinajstić information content (AvgIpc) is 2.56. The molecule has 7 heteroatoms. The summed E-state index contributed by atoms with van der Waals surface area (Å²) in [5.74, 6) is 0.291. The van der Waals surface area contributed by atoms with Crippen LogP contribution in [0.25, 0.3) is 0 Å². The Balaban J connectivity index is 1.82. The van der Waals surface area contributed by atoms with Crippen molar-refractivity contribution >= 4 is 11.9 Å². The number of nitrogens with one attached hydrogen (secondary N) is 1. The van der Waals surface area contributed by atoms with Gasteiger partial charge in [-0.2, -0.15) is 0 Å². The Morgan fingerprint density at radius 2 is 2.17 bits per heavy atom. The van der Waals surface area contributed by atoms with Gasteiger partial charge >= 0.3 is 0 Å². The van der Waals surface area contributed by atoms with Gasteiger partial charge in [0.2, 0.25) is 11.9 Å². The highest BCUT2D eigenvalue weighted by atomic mass is 16.5. The predicted molar refractivity (Wildman–Crippen MR) is 89.2 cm³/mol. The van der Waals surface area contributed by atoms with Crippen LogP contribution >= 0.6 is 0 Å². The summed E-state index contributed by atoms with van der Waals surface area (Å²) < 4.78 is 5.43. The first kappa shape index (κ1) is 17.8. The van der Waals surface area contributed by atoms with Crippen LogP contribution in [0.2, 0.25) is 0 Å². The lowest BCUT2D eigenvalue weighted by molar-refractivity contribution is -0.122. The molecular formula is C16H27N5O2. The van der Waals surface area contributed by atoms with E-state index >= 15 is 0 Å². The number of carbonyl (C=O) groups excluding carboxylic acids is 1. The van der Waals surface area contributed by atoms with E-state index in [4.69, 9.17) is 4.74 Å². The molecule has 1 aliphatic rings. The molecule has 0 radical (unpaired) electrons. The molecule has 1 saturated heterocycles. The normalized spacial score (nSPS) is 21.1. The van der Waals surface area contributed by atoms with Crippen LogP contribution in [-0.2, 0) is 9.53 Å². The molecule has 0 unspecified atom stereocenters. The molecule has 1 aliphatic heterocycles. The van der Waals surface area contributed by atoms with Crippen LogP contribution in [0.15, 0.2) is 18.5 Å². The Morgan fingerprint density at radius 1 is 1.43 bits per heavy atom. The zero-order valence-electron chi connectivity index (χ0n) is 14.2. The molecule has 1 aromatic heterocycles. The van der Waals surface area contributed by atoms with Crippen LogP contribution in [-0.4, -0.2) is 77.2 Å². The summed E-state index contributed by atoms with van der Waals surface area (Å²) in [5.41, 5.74) is 0. The summed E-state index contributed by atoms with van der Waals surface area (Å²) in [4.78, 5) is 25.0. The number of aromatic nitrogens is 2. The standard InChI is InChI=1S/C16H27N5O2/c1-4-23-11-10-20-8-9-21(12-13(20)2)14(3)15(22)19-16-17-6-5-7-18-16/h5-7,13-14H,4,8-12H2,1-3H3,(H,17,18,19,22)/t13-,14+/m1/s1. The molecule has 23 heavy (non-hydrogen) atoms. The molecule has 1 fully saturated rings. The second-order valence-corrected chi connectivity index (χ2v) is 5.81. The first-order valence-electron chi connectivity index (χ1n) is 8.25. The highest BCUT2D eigenvalue weighted by Gasteiger charge is 2.29. The van der Waals surface area contributed by atoms with Gasteiger partial charge in [0, 0.05) is 51.2 Å².